The number of nitrogens with two attached hydrogens (primary N) is 1. The molecular weight excluding hydrogens is 294 g/mol. The molecule has 2 atom stereocenters. The molecule has 0 amide bonds. The van der Waals surface area contributed by atoms with Crippen LogP contribution in [0.5, 0.6) is 11.5 Å². The summed E-state index contributed by atoms with van der Waals surface area (Å²) in [4.78, 5) is 0. The highest BCUT2D eigenvalue weighted by Gasteiger charge is 2.29. The molecule has 1 aliphatic carbocycles. The molecule has 0 saturated carbocycles. The molecular formula is C22H21NO. The first-order valence-corrected chi connectivity index (χ1v) is 8.45. The predicted molar refractivity (Wildman–Crippen MR) is 97.5 cm³/mol. The Bertz CT molecular complexity index is 811. The molecule has 2 heteroatoms. The molecule has 0 spiro atoms. The Morgan fingerprint density at radius 1 is 0.792 bits per heavy atom. The number of ether oxygens (including phenoxy) is 1. The van der Waals surface area contributed by atoms with Gasteiger partial charge in [-0.1, -0.05) is 54.6 Å². The maximum absolute atomic E-state index is 6.38. The molecule has 4 rings (SSSR count). The zero-order valence-corrected chi connectivity index (χ0v) is 13.6. The van der Waals surface area contributed by atoms with E-state index >= 15 is 0 Å². The molecule has 3 aromatic carbocycles. The minimum absolute atomic E-state index is 0.211. The topological polar surface area (TPSA) is 35.2 Å². The van der Waals surface area contributed by atoms with E-state index in [1.54, 1.807) is 0 Å². The van der Waals surface area contributed by atoms with Crippen molar-refractivity contribution in [1.82, 2.24) is 0 Å². The van der Waals surface area contributed by atoms with E-state index in [0.29, 0.717) is 5.92 Å². The number of hydrogen-bond donors (Lipinski definition) is 1. The minimum Gasteiger partial charge on any atom is -0.457 e. The van der Waals surface area contributed by atoms with Crippen molar-refractivity contribution < 1.29 is 4.74 Å². The van der Waals surface area contributed by atoms with Crippen molar-refractivity contribution in [1.29, 1.82) is 0 Å². The van der Waals surface area contributed by atoms with Gasteiger partial charge in [0, 0.05) is 12.0 Å². The number of benzene rings is 3. The molecule has 2 nitrogen and oxygen atoms in total. The van der Waals surface area contributed by atoms with E-state index in [-0.39, 0.29) is 6.04 Å². The van der Waals surface area contributed by atoms with E-state index in [1.807, 2.05) is 42.5 Å². The molecule has 2 N–H and O–H groups in total. The molecule has 0 bridgehead atoms. The normalized spacial score (nSPS) is 19.0. The number of fused-ring (bicyclic) bond motifs is 1. The molecule has 1 aliphatic rings. The van der Waals surface area contributed by atoms with Crippen LogP contribution in [-0.4, -0.2) is 6.04 Å². The summed E-state index contributed by atoms with van der Waals surface area (Å²) in [6, 6.07) is 27.1. The highest BCUT2D eigenvalue weighted by Crippen LogP contribution is 2.35. The van der Waals surface area contributed by atoms with Gasteiger partial charge in [0.1, 0.15) is 11.5 Å². The van der Waals surface area contributed by atoms with Crippen LogP contribution in [0.15, 0.2) is 78.9 Å². The molecule has 0 aliphatic heterocycles. The second-order valence-corrected chi connectivity index (χ2v) is 6.44. The summed E-state index contributed by atoms with van der Waals surface area (Å²) in [5.41, 5.74) is 10.5. The summed E-state index contributed by atoms with van der Waals surface area (Å²) < 4.78 is 5.86. The average molecular weight is 315 g/mol. The van der Waals surface area contributed by atoms with Gasteiger partial charge in [0.25, 0.3) is 0 Å². The molecule has 0 heterocycles. The van der Waals surface area contributed by atoms with Crippen LogP contribution < -0.4 is 10.5 Å². The molecule has 0 aromatic heterocycles. The Morgan fingerprint density at radius 2 is 1.46 bits per heavy atom. The SMILES string of the molecule is N[C@@H]1Cc2ccccc2[C@@H]1Cc1ccc(Oc2ccccc2)cc1. The van der Waals surface area contributed by atoms with Gasteiger partial charge in [0.15, 0.2) is 0 Å². The van der Waals surface area contributed by atoms with Crippen LogP contribution in [0.2, 0.25) is 0 Å². The van der Waals surface area contributed by atoms with Crippen molar-refractivity contribution >= 4 is 0 Å². The smallest absolute Gasteiger partial charge is 0.127 e. The fourth-order valence-electron chi connectivity index (χ4n) is 3.54. The van der Waals surface area contributed by atoms with Crippen LogP contribution >= 0.6 is 0 Å². The van der Waals surface area contributed by atoms with E-state index in [4.69, 9.17) is 10.5 Å². The standard InChI is InChI=1S/C22H21NO/c23-22-15-17-6-4-5-9-20(17)21(22)14-16-10-12-19(13-11-16)24-18-7-2-1-3-8-18/h1-13,21-22H,14-15,23H2/t21-,22+/m0/s1. The zero-order valence-electron chi connectivity index (χ0n) is 13.6. The lowest BCUT2D eigenvalue weighted by Crippen LogP contribution is -2.26. The summed E-state index contributed by atoms with van der Waals surface area (Å²) >= 11 is 0. The second-order valence-electron chi connectivity index (χ2n) is 6.44. The molecule has 0 saturated heterocycles. The van der Waals surface area contributed by atoms with Crippen molar-refractivity contribution in [3.8, 4) is 11.5 Å². The third-order valence-corrected chi connectivity index (χ3v) is 4.78. The predicted octanol–water partition coefficient (Wildman–Crippen LogP) is 4.69. The van der Waals surface area contributed by atoms with Crippen LogP contribution in [0.3, 0.4) is 0 Å². The molecule has 24 heavy (non-hydrogen) atoms. The average Bonchev–Trinajstić information content (AvgIpc) is 2.93. The highest BCUT2D eigenvalue weighted by molar-refractivity contribution is 5.40. The van der Waals surface area contributed by atoms with Crippen LogP contribution in [-0.2, 0) is 12.8 Å². The minimum atomic E-state index is 0.211. The van der Waals surface area contributed by atoms with Crippen molar-refractivity contribution in [3.05, 3.63) is 95.6 Å². The van der Waals surface area contributed by atoms with Gasteiger partial charge in [-0.15, -0.1) is 0 Å². The van der Waals surface area contributed by atoms with Gasteiger partial charge >= 0.3 is 0 Å². The number of rotatable bonds is 4. The first-order chi connectivity index (χ1) is 11.8. The molecule has 3 aromatic rings. The van der Waals surface area contributed by atoms with Crippen LogP contribution in [0.25, 0.3) is 0 Å². The molecule has 120 valence electrons. The summed E-state index contributed by atoms with van der Waals surface area (Å²) in [6.07, 6.45) is 1.96. The van der Waals surface area contributed by atoms with Crippen molar-refractivity contribution in [3.63, 3.8) is 0 Å². The third kappa shape index (κ3) is 3.06. The van der Waals surface area contributed by atoms with Gasteiger partial charge in [0.05, 0.1) is 0 Å². The lowest BCUT2D eigenvalue weighted by atomic mass is 9.91. The summed E-state index contributed by atoms with van der Waals surface area (Å²) in [5, 5.41) is 0. The number of para-hydroxylation sites is 1. The highest BCUT2D eigenvalue weighted by atomic mass is 16.5. The Labute approximate surface area is 142 Å². The van der Waals surface area contributed by atoms with Gasteiger partial charge in [-0.05, 0) is 53.8 Å². The summed E-state index contributed by atoms with van der Waals surface area (Å²) in [5.74, 6) is 2.13. The maximum atomic E-state index is 6.38. The molecule has 0 radical (unpaired) electrons. The van der Waals surface area contributed by atoms with Gasteiger partial charge < -0.3 is 10.5 Å². The van der Waals surface area contributed by atoms with Crippen LogP contribution in [0, 0.1) is 0 Å². The summed E-state index contributed by atoms with van der Waals surface area (Å²) in [7, 11) is 0. The fraction of sp³-hybridized carbons (Fsp3) is 0.182. The Morgan fingerprint density at radius 3 is 2.25 bits per heavy atom. The maximum Gasteiger partial charge on any atom is 0.127 e. The van der Waals surface area contributed by atoms with Gasteiger partial charge in [-0.3, -0.25) is 0 Å². The van der Waals surface area contributed by atoms with Crippen LogP contribution in [0.4, 0.5) is 0 Å². The first kappa shape index (κ1) is 15.0. The zero-order chi connectivity index (χ0) is 16.4. The first-order valence-electron chi connectivity index (χ1n) is 8.45. The van der Waals surface area contributed by atoms with Gasteiger partial charge in [-0.2, -0.15) is 0 Å². The fourth-order valence-corrected chi connectivity index (χ4v) is 3.54. The van der Waals surface area contributed by atoms with Gasteiger partial charge in [0.2, 0.25) is 0 Å². The Kier molecular flexibility index (Phi) is 4.06. The lowest BCUT2D eigenvalue weighted by Gasteiger charge is -2.17. The van der Waals surface area contributed by atoms with E-state index in [9.17, 15) is 0 Å². The lowest BCUT2D eigenvalue weighted by molar-refractivity contribution is 0.482. The van der Waals surface area contributed by atoms with E-state index < -0.39 is 0 Å². The van der Waals surface area contributed by atoms with Crippen molar-refractivity contribution in [2.24, 2.45) is 5.73 Å². The largest absolute Gasteiger partial charge is 0.457 e. The quantitative estimate of drug-likeness (QED) is 0.758. The van der Waals surface area contributed by atoms with Crippen LogP contribution in [0.1, 0.15) is 22.6 Å². The van der Waals surface area contributed by atoms with Crippen molar-refractivity contribution in [2.45, 2.75) is 24.8 Å². The van der Waals surface area contributed by atoms with Crippen molar-refractivity contribution in [2.75, 3.05) is 0 Å². The Hall–Kier alpha value is -2.58. The van der Waals surface area contributed by atoms with E-state index in [1.165, 1.54) is 16.7 Å². The van der Waals surface area contributed by atoms with E-state index in [0.717, 1.165) is 24.3 Å². The van der Waals surface area contributed by atoms with E-state index in [2.05, 4.69) is 36.4 Å². The van der Waals surface area contributed by atoms with Gasteiger partial charge in [-0.25, -0.2) is 0 Å². The monoisotopic (exact) mass is 315 g/mol. The number of hydrogen-bond acceptors (Lipinski definition) is 2. The Balaban J connectivity index is 1.48. The third-order valence-electron chi connectivity index (χ3n) is 4.78. The molecule has 0 fully saturated rings. The molecule has 0 unspecified atom stereocenters. The second kappa shape index (κ2) is 6.50. The summed E-state index contributed by atoms with van der Waals surface area (Å²) in [6.45, 7) is 0.